The molecule has 0 aromatic heterocycles. The van der Waals surface area contributed by atoms with Gasteiger partial charge in [-0.1, -0.05) is 0 Å². The van der Waals surface area contributed by atoms with Gasteiger partial charge in [-0.3, -0.25) is 0 Å². The summed E-state index contributed by atoms with van der Waals surface area (Å²) in [6.07, 6.45) is 4.10. The van der Waals surface area contributed by atoms with Crippen molar-refractivity contribution in [3.8, 4) is 0 Å². The van der Waals surface area contributed by atoms with E-state index in [4.69, 9.17) is 0 Å². The molecule has 1 nitrogen and oxygen atoms in total. The van der Waals surface area contributed by atoms with Crippen molar-refractivity contribution in [3.63, 3.8) is 0 Å². The van der Waals surface area contributed by atoms with Crippen molar-refractivity contribution in [2.45, 2.75) is 24.5 Å². The van der Waals surface area contributed by atoms with Crippen LogP contribution in [-0.4, -0.2) is 18.3 Å². The summed E-state index contributed by atoms with van der Waals surface area (Å²) in [7, 11) is 0. The summed E-state index contributed by atoms with van der Waals surface area (Å²) in [4.78, 5) is 0. The maximum atomic E-state index is 4.47. The van der Waals surface area contributed by atoms with Crippen LogP contribution in [0.25, 0.3) is 0 Å². The van der Waals surface area contributed by atoms with Crippen LogP contribution < -0.4 is 5.32 Å². The summed E-state index contributed by atoms with van der Waals surface area (Å²) in [5, 5.41) is 4.03. The molecule has 1 spiro atoms. The number of nitrogens with one attached hydrogen (secondary N) is 1. The third kappa shape index (κ3) is 0.887. The maximum Gasteiger partial charge on any atom is 0.00232 e. The highest BCUT2D eigenvalue weighted by Crippen LogP contribution is 2.42. The standard InChI is InChI=1S/C7H13NS/c9-6-1-2-7(3-6)4-8-5-7/h6,8-9H,1-5H2. The Morgan fingerprint density at radius 2 is 2.22 bits per heavy atom. The topological polar surface area (TPSA) is 12.0 Å². The SMILES string of the molecule is SC1CCC2(CNC2)C1. The van der Waals surface area contributed by atoms with Crippen LogP contribution in [-0.2, 0) is 0 Å². The van der Waals surface area contributed by atoms with Gasteiger partial charge >= 0.3 is 0 Å². The second-order valence-electron chi connectivity index (χ2n) is 3.50. The molecule has 1 heterocycles. The highest BCUT2D eigenvalue weighted by Gasteiger charge is 2.42. The zero-order chi connectivity index (χ0) is 6.32. The van der Waals surface area contributed by atoms with Gasteiger partial charge in [-0.2, -0.15) is 12.6 Å². The molecule has 0 aromatic carbocycles. The van der Waals surface area contributed by atoms with Gasteiger partial charge < -0.3 is 5.32 Å². The van der Waals surface area contributed by atoms with Crippen LogP contribution in [0.1, 0.15) is 19.3 Å². The fraction of sp³-hybridized carbons (Fsp3) is 1.00. The van der Waals surface area contributed by atoms with Crippen LogP contribution in [0.3, 0.4) is 0 Å². The molecule has 52 valence electrons. The highest BCUT2D eigenvalue weighted by atomic mass is 32.1. The van der Waals surface area contributed by atoms with Gasteiger partial charge in [-0.25, -0.2) is 0 Å². The summed E-state index contributed by atoms with van der Waals surface area (Å²) in [6.45, 7) is 2.51. The predicted molar refractivity (Wildman–Crippen MR) is 41.9 cm³/mol. The first kappa shape index (κ1) is 6.05. The quantitative estimate of drug-likeness (QED) is 0.483. The molecule has 2 aliphatic rings. The molecular weight excluding hydrogens is 130 g/mol. The van der Waals surface area contributed by atoms with Crippen molar-refractivity contribution in [2.75, 3.05) is 13.1 Å². The van der Waals surface area contributed by atoms with Gasteiger partial charge in [0.05, 0.1) is 0 Å². The van der Waals surface area contributed by atoms with Crippen LogP contribution in [0.4, 0.5) is 0 Å². The molecule has 9 heavy (non-hydrogen) atoms. The van der Waals surface area contributed by atoms with Crippen LogP contribution >= 0.6 is 12.6 Å². The lowest BCUT2D eigenvalue weighted by Crippen LogP contribution is -2.51. The van der Waals surface area contributed by atoms with E-state index in [1.165, 1.54) is 32.4 Å². The van der Waals surface area contributed by atoms with Gasteiger partial charge in [-0.15, -0.1) is 0 Å². The monoisotopic (exact) mass is 143 g/mol. The number of hydrogen-bond acceptors (Lipinski definition) is 2. The van der Waals surface area contributed by atoms with Gasteiger partial charge in [0.1, 0.15) is 0 Å². The second-order valence-corrected chi connectivity index (χ2v) is 4.23. The van der Waals surface area contributed by atoms with Gasteiger partial charge in [-0.05, 0) is 24.7 Å². The van der Waals surface area contributed by atoms with E-state index in [-0.39, 0.29) is 0 Å². The fourth-order valence-electron chi connectivity index (χ4n) is 1.98. The summed E-state index contributed by atoms with van der Waals surface area (Å²) in [5.74, 6) is 0. The van der Waals surface area contributed by atoms with Crippen LogP contribution in [0, 0.1) is 5.41 Å². The Kier molecular flexibility index (Phi) is 1.27. The summed E-state index contributed by atoms with van der Waals surface area (Å²) >= 11 is 4.47. The number of hydrogen-bond donors (Lipinski definition) is 2. The predicted octanol–water partition coefficient (Wildman–Crippen LogP) is 1.06. The van der Waals surface area contributed by atoms with E-state index < -0.39 is 0 Å². The molecular formula is C7H13NS. The molecule has 0 amide bonds. The molecule has 1 saturated heterocycles. The largest absolute Gasteiger partial charge is 0.316 e. The Labute approximate surface area is 61.6 Å². The van der Waals surface area contributed by atoms with E-state index in [1.807, 2.05) is 0 Å². The van der Waals surface area contributed by atoms with E-state index >= 15 is 0 Å². The van der Waals surface area contributed by atoms with E-state index in [0.717, 1.165) is 0 Å². The second kappa shape index (κ2) is 1.89. The molecule has 1 aliphatic carbocycles. The van der Waals surface area contributed by atoms with Crippen molar-refractivity contribution in [1.29, 1.82) is 0 Å². The van der Waals surface area contributed by atoms with Crippen LogP contribution in [0.15, 0.2) is 0 Å². The molecule has 0 bridgehead atoms. The van der Waals surface area contributed by atoms with Crippen molar-refractivity contribution in [2.24, 2.45) is 5.41 Å². The van der Waals surface area contributed by atoms with Crippen molar-refractivity contribution >= 4 is 12.6 Å². The van der Waals surface area contributed by atoms with Gasteiger partial charge in [0.15, 0.2) is 0 Å². The van der Waals surface area contributed by atoms with Gasteiger partial charge in [0, 0.05) is 18.3 Å². The first-order chi connectivity index (χ1) is 4.31. The first-order valence-corrected chi connectivity index (χ1v) is 4.21. The average molecular weight is 143 g/mol. The molecule has 1 aliphatic heterocycles. The van der Waals surface area contributed by atoms with Crippen molar-refractivity contribution in [3.05, 3.63) is 0 Å². The molecule has 1 atom stereocenters. The molecule has 0 radical (unpaired) electrons. The Morgan fingerprint density at radius 1 is 1.44 bits per heavy atom. The lowest BCUT2D eigenvalue weighted by Gasteiger charge is -2.39. The molecule has 2 rings (SSSR count). The number of rotatable bonds is 0. The molecule has 1 saturated carbocycles. The smallest absolute Gasteiger partial charge is 0.00232 e. The van der Waals surface area contributed by atoms with Crippen LogP contribution in [0.5, 0.6) is 0 Å². The third-order valence-electron chi connectivity index (χ3n) is 2.68. The zero-order valence-corrected chi connectivity index (χ0v) is 6.45. The van der Waals surface area contributed by atoms with E-state index in [2.05, 4.69) is 17.9 Å². The number of thiol groups is 1. The van der Waals surface area contributed by atoms with Crippen molar-refractivity contribution in [1.82, 2.24) is 5.32 Å². The highest BCUT2D eigenvalue weighted by molar-refractivity contribution is 7.80. The molecule has 1 N–H and O–H groups in total. The zero-order valence-electron chi connectivity index (χ0n) is 5.56. The summed E-state index contributed by atoms with van der Waals surface area (Å²) < 4.78 is 0. The molecule has 0 aromatic rings. The minimum atomic E-state index is 0.701. The van der Waals surface area contributed by atoms with Gasteiger partial charge in [0.25, 0.3) is 0 Å². The third-order valence-corrected chi connectivity index (χ3v) is 3.12. The van der Waals surface area contributed by atoms with E-state index in [0.29, 0.717) is 10.7 Å². The molecule has 1 unspecified atom stereocenters. The lowest BCUT2D eigenvalue weighted by molar-refractivity contribution is 0.178. The van der Waals surface area contributed by atoms with Crippen molar-refractivity contribution < 1.29 is 0 Å². The normalized spacial score (nSPS) is 39.0. The van der Waals surface area contributed by atoms with Gasteiger partial charge in [0.2, 0.25) is 0 Å². The molecule has 2 fully saturated rings. The summed E-state index contributed by atoms with van der Waals surface area (Å²) in [6, 6.07) is 0. The average Bonchev–Trinajstić information content (AvgIpc) is 2.09. The van der Waals surface area contributed by atoms with E-state index in [1.54, 1.807) is 0 Å². The lowest BCUT2D eigenvalue weighted by atomic mass is 9.80. The Hall–Kier alpha value is 0.310. The molecule has 2 heteroatoms. The Balaban J connectivity index is 1.99. The first-order valence-electron chi connectivity index (χ1n) is 3.70. The summed E-state index contributed by atoms with van der Waals surface area (Å²) in [5.41, 5.74) is 0.701. The van der Waals surface area contributed by atoms with E-state index in [9.17, 15) is 0 Å². The van der Waals surface area contributed by atoms with Crippen LogP contribution in [0.2, 0.25) is 0 Å². The maximum absolute atomic E-state index is 4.47. The minimum absolute atomic E-state index is 0.701. The Bertz CT molecular complexity index is 120. The minimum Gasteiger partial charge on any atom is -0.316 e. The Morgan fingerprint density at radius 3 is 2.44 bits per heavy atom. The fourth-order valence-corrected chi connectivity index (χ4v) is 2.49.